The second-order valence-corrected chi connectivity index (χ2v) is 7.74. The van der Waals surface area contributed by atoms with Gasteiger partial charge in [0.2, 0.25) is 0 Å². The average Bonchev–Trinajstić information content (AvgIpc) is 2.74. The number of carboxylic acids is 1. The number of ether oxygens (including phenoxy) is 1. The minimum absolute atomic E-state index is 0.0747. The van der Waals surface area contributed by atoms with E-state index < -0.39 is 28.0 Å². The number of thiophene rings is 1. The van der Waals surface area contributed by atoms with Crippen molar-refractivity contribution in [3.63, 3.8) is 0 Å². The fraction of sp³-hybridized carbons (Fsp3) is 0.455. The van der Waals surface area contributed by atoms with Crippen molar-refractivity contribution < 1.29 is 27.9 Å². The van der Waals surface area contributed by atoms with E-state index in [0.717, 1.165) is 11.3 Å². The first-order valence-electron chi connectivity index (χ1n) is 5.75. The van der Waals surface area contributed by atoms with Crippen LogP contribution in [-0.4, -0.2) is 38.6 Å². The van der Waals surface area contributed by atoms with Gasteiger partial charge < -0.3 is 9.84 Å². The Kier molecular flexibility index (Phi) is 6.14. The first kappa shape index (κ1) is 17.9. The third kappa shape index (κ3) is 4.95. The zero-order chi connectivity index (χ0) is 16.2. The van der Waals surface area contributed by atoms with E-state index in [0.29, 0.717) is 9.90 Å². The number of sulfonamides is 1. The van der Waals surface area contributed by atoms with Crippen LogP contribution in [0.4, 0.5) is 0 Å². The molecule has 1 rings (SSSR count). The molecule has 118 valence electrons. The molecule has 0 bridgehead atoms. The van der Waals surface area contributed by atoms with Crippen LogP contribution in [0.2, 0.25) is 4.34 Å². The third-order valence-electron chi connectivity index (χ3n) is 2.56. The molecular formula is C11H14ClNO6S2. The summed E-state index contributed by atoms with van der Waals surface area (Å²) in [6.07, 6.45) is -0.417. The summed E-state index contributed by atoms with van der Waals surface area (Å²) < 4.78 is 30.9. The minimum Gasteiger partial charge on any atom is -0.480 e. The topological polar surface area (TPSA) is 110 Å². The molecule has 0 fully saturated rings. The van der Waals surface area contributed by atoms with E-state index in [1.165, 1.54) is 13.2 Å². The lowest BCUT2D eigenvalue weighted by atomic mass is 10.2. The Morgan fingerprint density at radius 1 is 1.52 bits per heavy atom. The van der Waals surface area contributed by atoms with Gasteiger partial charge in [-0.15, -0.1) is 11.3 Å². The lowest BCUT2D eigenvalue weighted by Gasteiger charge is -2.13. The predicted molar refractivity (Wildman–Crippen MR) is 77.1 cm³/mol. The summed E-state index contributed by atoms with van der Waals surface area (Å²) >= 11 is 6.64. The fourth-order valence-electron chi connectivity index (χ4n) is 1.41. The molecule has 0 saturated heterocycles. The normalized spacial score (nSPS) is 12.9. The predicted octanol–water partition coefficient (Wildman–Crippen LogP) is 1.39. The smallest absolute Gasteiger partial charge is 0.321 e. The minimum atomic E-state index is -4.01. The maximum absolute atomic E-state index is 12.1. The van der Waals surface area contributed by atoms with Gasteiger partial charge in [-0.3, -0.25) is 9.59 Å². The van der Waals surface area contributed by atoms with E-state index in [9.17, 15) is 18.0 Å². The second-order valence-electron chi connectivity index (χ2n) is 4.15. The Hall–Kier alpha value is -1.16. The lowest BCUT2D eigenvalue weighted by Crippen LogP contribution is -2.40. The number of halogens is 1. The second kappa shape index (κ2) is 7.21. The number of esters is 1. The molecule has 1 aromatic heterocycles. The van der Waals surface area contributed by atoms with Gasteiger partial charge in [0.25, 0.3) is 10.0 Å². The SMILES string of the molecule is COC(=O)CCC(NS(=O)(=O)c1cc(C)c(Cl)s1)C(=O)O. The van der Waals surface area contributed by atoms with Gasteiger partial charge in [-0.1, -0.05) is 11.6 Å². The first-order valence-corrected chi connectivity index (χ1v) is 8.43. The van der Waals surface area contributed by atoms with Gasteiger partial charge in [-0.05, 0) is 25.0 Å². The standard InChI is InChI=1S/C11H14ClNO6S2/c1-6-5-9(20-10(6)12)21(17,18)13-7(11(15)16)3-4-8(14)19-2/h5,7,13H,3-4H2,1-2H3,(H,15,16). The quantitative estimate of drug-likeness (QED) is 0.715. The zero-order valence-corrected chi connectivity index (χ0v) is 13.6. The van der Waals surface area contributed by atoms with Gasteiger partial charge in [-0.2, -0.15) is 4.72 Å². The van der Waals surface area contributed by atoms with E-state index in [-0.39, 0.29) is 17.1 Å². The number of hydrogen-bond donors (Lipinski definition) is 2. The molecular weight excluding hydrogens is 342 g/mol. The van der Waals surface area contributed by atoms with Gasteiger partial charge in [0.05, 0.1) is 11.4 Å². The molecule has 0 aromatic carbocycles. The summed E-state index contributed by atoms with van der Waals surface area (Å²) in [6, 6.07) is -0.0653. The summed E-state index contributed by atoms with van der Waals surface area (Å²) in [6.45, 7) is 1.64. The molecule has 1 heterocycles. The molecule has 0 saturated carbocycles. The Morgan fingerprint density at radius 2 is 2.14 bits per heavy atom. The molecule has 0 aliphatic heterocycles. The van der Waals surface area contributed by atoms with Crippen molar-refractivity contribution in [1.29, 1.82) is 0 Å². The molecule has 0 radical (unpaired) electrons. The van der Waals surface area contributed by atoms with E-state index in [4.69, 9.17) is 16.7 Å². The molecule has 0 aliphatic carbocycles. The number of methoxy groups -OCH3 is 1. The van der Waals surface area contributed by atoms with Crippen LogP contribution in [0.3, 0.4) is 0 Å². The van der Waals surface area contributed by atoms with Gasteiger partial charge in [0, 0.05) is 6.42 Å². The van der Waals surface area contributed by atoms with Crippen LogP contribution in [0.15, 0.2) is 10.3 Å². The van der Waals surface area contributed by atoms with Crippen molar-refractivity contribution in [2.45, 2.75) is 30.0 Å². The summed E-state index contributed by atoms with van der Waals surface area (Å²) in [7, 11) is -2.84. The molecule has 1 unspecified atom stereocenters. The molecule has 0 aliphatic rings. The molecule has 2 N–H and O–H groups in total. The number of aryl methyl sites for hydroxylation is 1. The van der Waals surface area contributed by atoms with Crippen molar-refractivity contribution >= 4 is 44.9 Å². The highest BCUT2D eigenvalue weighted by Crippen LogP contribution is 2.30. The van der Waals surface area contributed by atoms with Crippen molar-refractivity contribution in [3.8, 4) is 0 Å². The van der Waals surface area contributed by atoms with Crippen molar-refractivity contribution in [3.05, 3.63) is 16.0 Å². The van der Waals surface area contributed by atoms with Crippen LogP contribution in [0.25, 0.3) is 0 Å². The fourth-order valence-corrected chi connectivity index (χ4v) is 4.35. The molecule has 10 heteroatoms. The molecule has 7 nitrogen and oxygen atoms in total. The summed E-state index contributed by atoms with van der Waals surface area (Å²) in [5.74, 6) is -1.99. The van der Waals surface area contributed by atoms with Crippen molar-refractivity contribution in [2.24, 2.45) is 0 Å². The van der Waals surface area contributed by atoms with Gasteiger partial charge in [0.15, 0.2) is 0 Å². The molecule has 0 spiro atoms. The molecule has 0 amide bonds. The Labute approximate surface area is 130 Å². The van der Waals surface area contributed by atoms with Crippen LogP contribution in [-0.2, 0) is 24.3 Å². The Morgan fingerprint density at radius 3 is 2.57 bits per heavy atom. The number of carbonyl (C=O) groups is 2. The van der Waals surface area contributed by atoms with Crippen LogP contribution in [0.5, 0.6) is 0 Å². The highest BCUT2D eigenvalue weighted by Gasteiger charge is 2.27. The highest BCUT2D eigenvalue weighted by atomic mass is 35.5. The van der Waals surface area contributed by atoms with Gasteiger partial charge in [0.1, 0.15) is 10.3 Å². The highest BCUT2D eigenvalue weighted by molar-refractivity contribution is 7.91. The number of hydrogen-bond acceptors (Lipinski definition) is 6. The maximum Gasteiger partial charge on any atom is 0.321 e. The largest absolute Gasteiger partial charge is 0.480 e. The van der Waals surface area contributed by atoms with Gasteiger partial charge in [-0.25, -0.2) is 8.42 Å². The lowest BCUT2D eigenvalue weighted by molar-refractivity contribution is -0.142. The molecule has 1 aromatic rings. The Bertz CT molecular complexity index is 620. The number of carboxylic acid groups (broad SMARTS) is 1. The van der Waals surface area contributed by atoms with E-state index in [1.807, 2.05) is 4.72 Å². The van der Waals surface area contributed by atoms with Crippen LogP contribution in [0.1, 0.15) is 18.4 Å². The zero-order valence-electron chi connectivity index (χ0n) is 11.3. The monoisotopic (exact) mass is 355 g/mol. The van der Waals surface area contributed by atoms with E-state index >= 15 is 0 Å². The molecule has 21 heavy (non-hydrogen) atoms. The van der Waals surface area contributed by atoms with E-state index in [1.54, 1.807) is 6.92 Å². The maximum atomic E-state index is 12.1. The number of aliphatic carboxylic acids is 1. The average molecular weight is 356 g/mol. The van der Waals surface area contributed by atoms with E-state index in [2.05, 4.69) is 4.74 Å². The van der Waals surface area contributed by atoms with Crippen molar-refractivity contribution in [1.82, 2.24) is 4.72 Å². The number of rotatable bonds is 7. The van der Waals surface area contributed by atoms with Gasteiger partial charge >= 0.3 is 11.9 Å². The first-order chi connectivity index (χ1) is 9.67. The Balaban J connectivity index is 2.87. The van der Waals surface area contributed by atoms with Crippen molar-refractivity contribution in [2.75, 3.05) is 7.11 Å². The molecule has 1 atom stereocenters. The number of nitrogens with one attached hydrogen (secondary N) is 1. The van der Waals surface area contributed by atoms with Crippen LogP contribution in [0, 0.1) is 6.92 Å². The number of carbonyl (C=O) groups excluding carboxylic acids is 1. The summed E-state index contributed by atoms with van der Waals surface area (Å²) in [5, 5.41) is 9.03. The summed E-state index contributed by atoms with van der Waals surface area (Å²) in [4.78, 5) is 22.1. The van der Waals surface area contributed by atoms with Crippen LogP contribution >= 0.6 is 22.9 Å². The summed E-state index contributed by atoms with van der Waals surface area (Å²) in [5.41, 5.74) is 0.587. The third-order valence-corrected chi connectivity index (χ3v) is 6.06. The van der Waals surface area contributed by atoms with Crippen LogP contribution < -0.4 is 4.72 Å².